The highest BCUT2D eigenvalue weighted by molar-refractivity contribution is 5.98. The van der Waals surface area contributed by atoms with Gasteiger partial charge < -0.3 is 20.2 Å². The van der Waals surface area contributed by atoms with Gasteiger partial charge in [-0.25, -0.2) is 15.0 Å². The lowest BCUT2D eigenvalue weighted by Gasteiger charge is -2.32. The number of H-pyrrole nitrogens is 1. The van der Waals surface area contributed by atoms with E-state index in [1.54, 1.807) is 0 Å². The minimum absolute atomic E-state index is 0.00509. The Bertz CT molecular complexity index is 1360. The van der Waals surface area contributed by atoms with E-state index in [2.05, 4.69) is 36.8 Å². The van der Waals surface area contributed by atoms with Crippen molar-refractivity contribution in [2.45, 2.75) is 6.54 Å². The molecule has 1 aliphatic heterocycles. The van der Waals surface area contributed by atoms with Crippen LogP contribution in [0.2, 0.25) is 0 Å². The van der Waals surface area contributed by atoms with E-state index in [1.807, 2.05) is 41.0 Å². The summed E-state index contributed by atoms with van der Waals surface area (Å²) >= 11 is 0. The van der Waals surface area contributed by atoms with Crippen LogP contribution in [0.25, 0.3) is 33.6 Å². The Balaban J connectivity index is 1.63. The Kier molecular flexibility index (Phi) is 4.94. The molecule has 0 radical (unpaired) electrons. The highest BCUT2D eigenvalue weighted by Crippen LogP contribution is 2.35. The standard InChI is InChI=1S/C22H22N10/c1-30-6-8-31(9-7-30)10-11-32-20(25)18(21-27-14-4-2-3-5-15(14)28-21)19-22(32)29-17(13-24)16(12-23)26-19/h2-5H,6-11,25H2,1H3,(H,27,28). The molecule has 1 saturated heterocycles. The SMILES string of the molecule is CN1CCN(CCn2c(N)c(-c3nc4ccccc4[nH]3)c3nc(C#N)c(C#N)nc32)CC1. The van der Waals surface area contributed by atoms with Gasteiger partial charge in [0.25, 0.3) is 0 Å². The number of aromatic nitrogens is 5. The molecule has 0 bridgehead atoms. The monoisotopic (exact) mass is 426 g/mol. The van der Waals surface area contributed by atoms with E-state index in [0.717, 1.165) is 43.8 Å². The van der Waals surface area contributed by atoms with Crippen molar-refractivity contribution < 1.29 is 0 Å². The largest absolute Gasteiger partial charge is 0.384 e. The van der Waals surface area contributed by atoms with Crippen molar-refractivity contribution >= 4 is 28.0 Å². The number of nitrogens with zero attached hydrogens (tertiary/aromatic N) is 8. The number of hydrogen-bond donors (Lipinski definition) is 2. The lowest BCUT2D eigenvalue weighted by atomic mass is 10.2. The molecule has 0 unspecified atom stereocenters. The molecule has 5 rings (SSSR count). The number of imidazole rings is 1. The minimum Gasteiger partial charge on any atom is -0.384 e. The number of nitriles is 2. The molecule has 4 aromatic rings. The number of nitrogens with one attached hydrogen (secondary N) is 1. The van der Waals surface area contributed by atoms with Crippen LogP contribution in [0, 0.1) is 22.7 Å². The molecular formula is C22H22N10. The van der Waals surface area contributed by atoms with E-state index in [1.165, 1.54) is 0 Å². The molecule has 3 aromatic heterocycles. The van der Waals surface area contributed by atoms with Crippen molar-refractivity contribution in [1.29, 1.82) is 10.5 Å². The maximum atomic E-state index is 9.48. The maximum Gasteiger partial charge on any atom is 0.179 e. The van der Waals surface area contributed by atoms with Gasteiger partial charge in [-0.05, 0) is 19.2 Å². The van der Waals surface area contributed by atoms with Crippen LogP contribution in [0.4, 0.5) is 5.82 Å². The number of fused-ring (bicyclic) bond motifs is 2. The highest BCUT2D eigenvalue weighted by atomic mass is 15.3. The summed E-state index contributed by atoms with van der Waals surface area (Å²) in [5.41, 5.74) is 9.84. The van der Waals surface area contributed by atoms with E-state index in [-0.39, 0.29) is 11.4 Å². The van der Waals surface area contributed by atoms with Crippen LogP contribution < -0.4 is 5.73 Å². The summed E-state index contributed by atoms with van der Waals surface area (Å²) in [6.45, 7) is 5.41. The van der Waals surface area contributed by atoms with Gasteiger partial charge in [0, 0.05) is 39.3 Å². The molecule has 32 heavy (non-hydrogen) atoms. The number of benzene rings is 1. The number of para-hydroxylation sites is 2. The topological polar surface area (TPSA) is 139 Å². The molecule has 0 aliphatic carbocycles. The van der Waals surface area contributed by atoms with Gasteiger partial charge in [0.05, 0.1) is 16.6 Å². The summed E-state index contributed by atoms with van der Waals surface area (Å²) in [5.74, 6) is 1.03. The molecule has 1 fully saturated rings. The summed E-state index contributed by atoms with van der Waals surface area (Å²) in [5, 5.41) is 19.0. The lowest BCUT2D eigenvalue weighted by Crippen LogP contribution is -2.45. The number of nitrogens with two attached hydrogens (primary N) is 1. The Morgan fingerprint density at radius 2 is 1.72 bits per heavy atom. The van der Waals surface area contributed by atoms with Crippen LogP contribution in [0.15, 0.2) is 24.3 Å². The van der Waals surface area contributed by atoms with Crippen LogP contribution in [-0.4, -0.2) is 74.1 Å². The number of aromatic amines is 1. The molecule has 0 atom stereocenters. The maximum absolute atomic E-state index is 9.48. The summed E-state index contributed by atoms with van der Waals surface area (Å²) < 4.78 is 1.88. The van der Waals surface area contributed by atoms with Gasteiger partial charge in [0.2, 0.25) is 0 Å². The smallest absolute Gasteiger partial charge is 0.179 e. The van der Waals surface area contributed by atoms with Crippen LogP contribution in [-0.2, 0) is 6.54 Å². The molecule has 0 amide bonds. The van der Waals surface area contributed by atoms with Crippen molar-refractivity contribution in [3.8, 4) is 23.5 Å². The second-order valence-electron chi connectivity index (χ2n) is 7.98. The fourth-order valence-electron chi connectivity index (χ4n) is 4.15. The molecule has 10 nitrogen and oxygen atoms in total. The fourth-order valence-corrected chi connectivity index (χ4v) is 4.15. The normalized spacial score (nSPS) is 15.2. The second-order valence-corrected chi connectivity index (χ2v) is 7.98. The zero-order valence-electron chi connectivity index (χ0n) is 17.7. The van der Waals surface area contributed by atoms with Gasteiger partial charge in [-0.3, -0.25) is 4.90 Å². The molecule has 0 saturated carbocycles. The summed E-state index contributed by atoms with van der Waals surface area (Å²) in [4.78, 5) is 21.6. The predicted molar refractivity (Wildman–Crippen MR) is 120 cm³/mol. The first-order valence-corrected chi connectivity index (χ1v) is 10.4. The fraction of sp³-hybridized carbons (Fsp3) is 0.318. The van der Waals surface area contributed by atoms with Gasteiger partial charge in [0.15, 0.2) is 17.0 Å². The third kappa shape index (κ3) is 3.32. The summed E-state index contributed by atoms with van der Waals surface area (Å²) in [6, 6.07) is 11.7. The molecule has 1 aliphatic rings. The average Bonchev–Trinajstić information content (AvgIpc) is 3.35. The number of hydrogen-bond acceptors (Lipinski definition) is 8. The van der Waals surface area contributed by atoms with Crippen LogP contribution in [0.1, 0.15) is 11.4 Å². The van der Waals surface area contributed by atoms with Crippen LogP contribution >= 0.6 is 0 Å². The molecule has 0 spiro atoms. The zero-order valence-corrected chi connectivity index (χ0v) is 17.7. The highest BCUT2D eigenvalue weighted by Gasteiger charge is 2.24. The van der Waals surface area contributed by atoms with Crippen LogP contribution in [0.5, 0.6) is 0 Å². The lowest BCUT2D eigenvalue weighted by molar-refractivity contribution is 0.150. The molecule has 160 valence electrons. The molecule has 1 aromatic carbocycles. The van der Waals surface area contributed by atoms with Crippen molar-refractivity contribution in [2.24, 2.45) is 0 Å². The molecular weight excluding hydrogens is 404 g/mol. The molecule has 10 heteroatoms. The predicted octanol–water partition coefficient (Wildman–Crippen LogP) is 1.55. The second kappa shape index (κ2) is 7.93. The van der Waals surface area contributed by atoms with Crippen LogP contribution in [0.3, 0.4) is 0 Å². The molecule has 3 N–H and O–H groups in total. The van der Waals surface area contributed by atoms with Crippen molar-refractivity contribution in [3.05, 3.63) is 35.7 Å². The van der Waals surface area contributed by atoms with Gasteiger partial charge >= 0.3 is 0 Å². The first kappa shape index (κ1) is 19.9. The number of rotatable bonds is 4. The van der Waals surface area contributed by atoms with Gasteiger partial charge in [0.1, 0.15) is 29.3 Å². The Hall–Kier alpha value is -3.99. The third-order valence-corrected chi connectivity index (χ3v) is 5.99. The van der Waals surface area contributed by atoms with E-state index < -0.39 is 0 Å². The summed E-state index contributed by atoms with van der Waals surface area (Å²) in [7, 11) is 2.13. The quantitative estimate of drug-likeness (QED) is 0.501. The van der Waals surface area contributed by atoms with Gasteiger partial charge in [-0.2, -0.15) is 10.5 Å². The third-order valence-electron chi connectivity index (χ3n) is 5.99. The Morgan fingerprint density at radius 1 is 1.00 bits per heavy atom. The van der Waals surface area contributed by atoms with E-state index in [0.29, 0.717) is 34.9 Å². The number of nitrogen functional groups attached to an aromatic ring is 1. The Labute approximate surface area is 184 Å². The first-order chi connectivity index (χ1) is 15.6. The summed E-state index contributed by atoms with van der Waals surface area (Å²) in [6.07, 6.45) is 0. The van der Waals surface area contributed by atoms with E-state index in [9.17, 15) is 10.5 Å². The van der Waals surface area contributed by atoms with E-state index in [4.69, 9.17) is 5.73 Å². The van der Waals surface area contributed by atoms with Crippen molar-refractivity contribution in [3.63, 3.8) is 0 Å². The molecule has 4 heterocycles. The van der Waals surface area contributed by atoms with Gasteiger partial charge in [-0.1, -0.05) is 12.1 Å². The first-order valence-electron chi connectivity index (χ1n) is 10.4. The average molecular weight is 426 g/mol. The number of piperazine rings is 1. The van der Waals surface area contributed by atoms with Crippen molar-refractivity contribution in [2.75, 3.05) is 45.5 Å². The number of likely N-dealkylation sites (N-methyl/N-ethyl adjacent to an activating group) is 1. The zero-order chi connectivity index (χ0) is 22.2. The van der Waals surface area contributed by atoms with E-state index >= 15 is 0 Å². The van der Waals surface area contributed by atoms with Crippen molar-refractivity contribution in [1.82, 2.24) is 34.3 Å². The Morgan fingerprint density at radius 3 is 2.44 bits per heavy atom. The minimum atomic E-state index is -0.0198. The van der Waals surface area contributed by atoms with Gasteiger partial charge in [-0.15, -0.1) is 0 Å². The number of anilines is 1.